The number of hydrogen-bond donors (Lipinski definition) is 0. The summed E-state index contributed by atoms with van der Waals surface area (Å²) in [4.78, 5) is 16.6. The van der Waals surface area contributed by atoms with E-state index in [-0.39, 0.29) is 0 Å². The average molecular weight is 259 g/mol. The van der Waals surface area contributed by atoms with E-state index in [0.717, 1.165) is 25.9 Å². The molecule has 0 aliphatic carbocycles. The van der Waals surface area contributed by atoms with Crippen LogP contribution >= 0.6 is 11.6 Å². The quantitative estimate of drug-likeness (QED) is 0.721. The second-order valence-corrected chi connectivity index (χ2v) is 5.55. The van der Waals surface area contributed by atoms with Gasteiger partial charge in [-0.25, -0.2) is 0 Å². The molecule has 17 heavy (non-hydrogen) atoms. The van der Waals surface area contributed by atoms with Crippen molar-refractivity contribution in [2.24, 2.45) is 0 Å². The van der Waals surface area contributed by atoms with Gasteiger partial charge in [-0.2, -0.15) is 0 Å². The fourth-order valence-corrected chi connectivity index (χ4v) is 3.10. The largest absolute Gasteiger partial charge is 0.341 e. The van der Waals surface area contributed by atoms with Crippen molar-refractivity contribution < 1.29 is 4.79 Å². The van der Waals surface area contributed by atoms with Crippen LogP contribution in [0.1, 0.15) is 38.5 Å². The van der Waals surface area contributed by atoms with E-state index < -0.39 is 0 Å². The van der Waals surface area contributed by atoms with Gasteiger partial charge in [0.25, 0.3) is 0 Å². The summed E-state index contributed by atoms with van der Waals surface area (Å²) in [5.41, 5.74) is 0. The number of piperidine rings is 1. The number of carbonyl (C=O) groups is 1. The summed E-state index contributed by atoms with van der Waals surface area (Å²) in [6.45, 7) is 4.36. The Labute approximate surface area is 109 Å². The summed E-state index contributed by atoms with van der Waals surface area (Å²) >= 11 is 5.64. The number of hydrogen-bond acceptors (Lipinski definition) is 2. The number of amides is 1. The fourth-order valence-electron chi connectivity index (χ4n) is 2.96. The molecule has 0 bridgehead atoms. The van der Waals surface area contributed by atoms with Crippen molar-refractivity contribution in [2.45, 2.75) is 44.6 Å². The Morgan fingerprint density at radius 1 is 1.18 bits per heavy atom. The molecule has 2 aliphatic heterocycles. The molecule has 2 fully saturated rings. The first-order valence-electron chi connectivity index (χ1n) is 6.89. The summed E-state index contributed by atoms with van der Waals surface area (Å²) in [5, 5.41) is 0. The van der Waals surface area contributed by atoms with Crippen LogP contribution in [0.3, 0.4) is 0 Å². The Hall–Kier alpha value is -0.280. The first-order valence-corrected chi connectivity index (χ1v) is 7.42. The Morgan fingerprint density at radius 2 is 1.94 bits per heavy atom. The number of alkyl halides is 1. The number of rotatable bonds is 4. The third-order valence-corrected chi connectivity index (χ3v) is 4.20. The third kappa shape index (κ3) is 3.59. The lowest BCUT2D eigenvalue weighted by Gasteiger charge is -2.37. The highest BCUT2D eigenvalue weighted by Gasteiger charge is 2.28. The molecule has 1 amide bonds. The number of carbonyl (C=O) groups excluding carboxylic acids is 1. The van der Waals surface area contributed by atoms with Gasteiger partial charge in [0.15, 0.2) is 0 Å². The molecule has 0 aromatic heterocycles. The second kappa shape index (κ2) is 6.60. The second-order valence-electron chi connectivity index (χ2n) is 5.17. The lowest BCUT2D eigenvalue weighted by molar-refractivity contribution is -0.133. The molecule has 0 aromatic carbocycles. The average Bonchev–Trinajstić information content (AvgIpc) is 2.90. The zero-order valence-electron chi connectivity index (χ0n) is 10.5. The maximum atomic E-state index is 12.0. The van der Waals surface area contributed by atoms with Crippen LogP contribution in [0, 0.1) is 0 Å². The van der Waals surface area contributed by atoms with Gasteiger partial charge in [0.2, 0.25) is 5.91 Å². The van der Waals surface area contributed by atoms with Crippen LogP contribution in [-0.2, 0) is 4.79 Å². The van der Waals surface area contributed by atoms with Gasteiger partial charge in [-0.15, -0.1) is 11.6 Å². The van der Waals surface area contributed by atoms with Crippen molar-refractivity contribution in [3.8, 4) is 0 Å². The van der Waals surface area contributed by atoms with Crippen LogP contribution in [0.25, 0.3) is 0 Å². The SMILES string of the molecule is O=C(CCCCl)N1CCCC(N2CCCC2)C1. The maximum Gasteiger partial charge on any atom is 0.222 e. The van der Waals surface area contributed by atoms with Crippen molar-refractivity contribution >= 4 is 17.5 Å². The molecule has 0 N–H and O–H groups in total. The highest BCUT2D eigenvalue weighted by molar-refractivity contribution is 6.17. The molecular formula is C13H23ClN2O. The van der Waals surface area contributed by atoms with E-state index in [4.69, 9.17) is 11.6 Å². The van der Waals surface area contributed by atoms with Gasteiger partial charge < -0.3 is 4.90 Å². The molecule has 0 saturated carbocycles. The molecule has 0 spiro atoms. The van der Waals surface area contributed by atoms with Crippen molar-refractivity contribution in [3.63, 3.8) is 0 Å². The molecule has 2 heterocycles. The topological polar surface area (TPSA) is 23.6 Å². The van der Waals surface area contributed by atoms with Crippen LogP contribution in [0.4, 0.5) is 0 Å². The molecule has 98 valence electrons. The van der Waals surface area contributed by atoms with Crippen LogP contribution in [0.5, 0.6) is 0 Å². The zero-order chi connectivity index (χ0) is 12.1. The van der Waals surface area contributed by atoms with E-state index in [2.05, 4.69) is 9.80 Å². The van der Waals surface area contributed by atoms with Crippen molar-refractivity contribution in [1.82, 2.24) is 9.80 Å². The molecule has 4 heteroatoms. The van der Waals surface area contributed by atoms with E-state index in [1.807, 2.05) is 0 Å². The minimum absolute atomic E-state index is 0.301. The normalized spacial score (nSPS) is 26.4. The van der Waals surface area contributed by atoms with Gasteiger partial charge in [0.05, 0.1) is 0 Å². The molecule has 1 unspecified atom stereocenters. The number of nitrogens with zero attached hydrogens (tertiary/aromatic N) is 2. The van der Waals surface area contributed by atoms with Crippen LogP contribution < -0.4 is 0 Å². The number of halogens is 1. The highest BCUT2D eigenvalue weighted by atomic mass is 35.5. The van der Waals surface area contributed by atoms with Gasteiger partial charge in [-0.3, -0.25) is 9.69 Å². The van der Waals surface area contributed by atoms with Gasteiger partial charge in [-0.05, 0) is 45.2 Å². The van der Waals surface area contributed by atoms with E-state index in [1.54, 1.807) is 0 Å². The van der Waals surface area contributed by atoms with Gasteiger partial charge >= 0.3 is 0 Å². The molecular weight excluding hydrogens is 236 g/mol. The molecule has 2 rings (SSSR count). The third-order valence-electron chi connectivity index (χ3n) is 3.93. The van der Waals surface area contributed by atoms with E-state index in [1.165, 1.54) is 32.4 Å². The highest BCUT2D eigenvalue weighted by Crippen LogP contribution is 2.21. The molecule has 0 radical (unpaired) electrons. The van der Waals surface area contributed by atoms with E-state index in [9.17, 15) is 4.79 Å². The van der Waals surface area contributed by atoms with Gasteiger partial charge in [-0.1, -0.05) is 0 Å². The predicted molar refractivity (Wildman–Crippen MR) is 70.4 cm³/mol. The van der Waals surface area contributed by atoms with Crippen molar-refractivity contribution in [1.29, 1.82) is 0 Å². The predicted octanol–water partition coefficient (Wildman–Crippen LogP) is 2.09. The zero-order valence-corrected chi connectivity index (χ0v) is 11.3. The standard InChI is InChI=1S/C13H23ClN2O/c14-7-3-6-13(17)16-10-4-5-12(11-16)15-8-1-2-9-15/h12H,1-11H2. The maximum absolute atomic E-state index is 12.0. The molecule has 1 atom stereocenters. The fraction of sp³-hybridized carbons (Fsp3) is 0.923. The first kappa shape index (κ1) is 13.2. The minimum atomic E-state index is 0.301. The summed E-state index contributed by atoms with van der Waals surface area (Å²) < 4.78 is 0. The first-order chi connectivity index (χ1) is 8.31. The lowest BCUT2D eigenvalue weighted by atomic mass is 10.0. The minimum Gasteiger partial charge on any atom is -0.341 e. The number of likely N-dealkylation sites (tertiary alicyclic amines) is 2. The summed E-state index contributed by atoms with van der Waals surface area (Å²) in [7, 11) is 0. The smallest absolute Gasteiger partial charge is 0.222 e. The molecule has 2 aliphatic rings. The summed E-state index contributed by atoms with van der Waals surface area (Å²) in [5.74, 6) is 0.893. The monoisotopic (exact) mass is 258 g/mol. The van der Waals surface area contributed by atoms with Crippen molar-refractivity contribution in [3.05, 3.63) is 0 Å². The van der Waals surface area contributed by atoms with Crippen LogP contribution in [0.15, 0.2) is 0 Å². The summed E-state index contributed by atoms with van der Waals surface area (Å²) in [6.07, 6.45) is 6.52. The molecule has 3 nitrogen and oxygen atoms in total. The van der Waals surface area contributed by atoms with Crippen LogP contribution in [0.2, 0.25) is 0 Å². The Kier molecular flexibility index (Phi) is 5.11. The lowest BCUT2D eigenvalue weighted by Crippen LogP contribution is -2.48. The Bertz CT molecular complexity index is 254. The van der Waals surface area contributed by atoms with Crippen LogP contribution in [-0.4, -0.2) is 53.8 Å². The molecule has 0 aromatic rings. The van der Waals surface area contributed by atoms with Gasteiger partial charge in [0, 0.05) is 31.4 Å². The van der Waals surface area contributed by atoms with E-state index >= 15 is 0 Å². The Balaban J connectivity index is 1.81. The van der Waals surface area contributed by atoms with Crippen molar-refractivity contribution in [2.75, 3.05) is 32.1 Å². The van der Waals surface area contributed by atoms with E-state index in [0.29, 0.717) is 24.2 Å². The molecule has 2 saturated heterocycles. The Morgan fingerprint density at radius 3 is 2.65 bits per heavy atom. The summed E-state index contributed by atoms with van der Waals surface area (Å²) in [6, 6.07) is 0.617. The van der Waals surface area contributed by atoms with Gasteiger partial charge in [0.1, 0.15) is 0 Å².